The molecule has 2 nitrogen and oxygen atoms in total. The van der Waals surface area contributed by atoms with Crippen molar-refractivity contribution < 1.29 is 9.53 Å². The van der Waals surface area contributed by atoms with Gasteiger partial charge in [-0.25, -0.2) is 0 Å². The summed E-state index contributed by atoms with van der Waals surface area (Å²) in [5.74, 6) is 2.34. The summed E-state index contributed by atoms with van der Waals surface area (Å²) in [6.07, 6.45) is 4.68. The predicted octanol–water partition coefficient (Wildman–Crippen LogP) is 4.06. The van der Waals surface area contributed by atoms with Gasteiger partial charge in [0.25, 0.3) is 0 Å². The van der Waals surface area contributed by atoms with E-state index in [4.69, 9.17) is 0 Å². The number of methoxy groups -OCH3 is 1. The molecule has 1 unspecified atom stereocenters. The quantitative estimate of drug-likeness (QED) is 0.703. The second kappa shape index (κ2) is 6.33. The Balaban J connectivity index is 0.000000408. The number of benzene rings is 1. The van der Waals surface area contributed by atoms with Gasteiger partial charge in [0.15, 0.2) is 5.78 Å². The topological polar surface area (TPSA) is 26.3 Å². The van der Waals surface area contributed by atoms with Crippen molar-refractivity contribution in [2.45, 2.75) is 38.5 Å². The van der Waals surface area contributed by atoms with Crippen LogP contribution in [0.25, 0.3) is 0 Å². The summed E-state index contributed by atoms with van der Waals surface area (Å²) in [5, 5.41) is 0. The number of ether oxygens (including phenoxy) is 1. The van der Waals surface area contributed by atoms with Gasteiger partial charge in [0.05, 0.1) is 0 Å². The zero-order valence-electron chi connectivity index (χ0n) is 12.2. The summed E-state index contributed by atoms with van der Waals surface area (Å²) < 4.78 is 4.25. The van der Waals surface area contributed by atoms with Gasteiger partial charge < -0.3 is 4.74 Å². The van der Waals surface area contributed by atoms with Crippen LogP contribution in [0.2, 0.25) is 0 Å². The molecule has 0 aliphatic heterocycles. The molecule has 0 radical (unpaired) electrons. The summed E-state index contributed by atoms with van der Waals surface area (Å²) in [6.45, 7) is 2.32. The molecule has 3 rings (SSSR count). The maximum Gasteiger partial charge on any atom is 0.163 e. The van der Waals surface area contributed by atoms with Crippen LogP contribution in [0.4, 0.5) is 0 Å². The second-order valence-electron chi connectivity index (χ2n) is 5.80. The van der Waals surface area contributed by atoms with Crippen molar-refractivity contribution in [3.05, 3.63) is 35.4 Å². The van der Waals surface area contributed by atoms with Crippen molar-refractivity contribution in [3.63, 3.8) is 0 Å². The van der Waals surface area contributed by atoms with E-state index in [1.165, 1.54) is 24.8 Å². The zero-order valence-corrected chi connectivity index (χ0v) is 12.2. The Morgan fingerprint density at radius 2 is 1.84 bits per heavy atom. The van der Waals surface area contributed by atoms with Crippen LogP contribution in [0.5, 0.6) is 0 Å². The van der Waals surface area contributed by atoms with Crippen molar-refractivity contribution in [2.24, 2.45) is 11.8 Å². The Labute approximate surface area is 116 Å². The van der Waals surface area contributed by atoms with Crippen molar-refractivity contribution in [2.75, 3.05) is 14.2 Å². The van der Waals surface area contributed by atoms with Crippen LogP contribution in [0, 0.1) is 11.8 Å². The Morgan fingerprint density at radius 3 is 2.58 bits per heavy atom. The smallest absolute Gasteiger partial charge is 0.163 e. The van der Waals surface area contributed by atoms with E-state index in [0.29, 0.717) is 17.6 Å². The molecule has 1 saturated carbocycles. The molecule has 1 aromatic carbocycles. The van der Waals surface area contributed by atoms with Crippen molar-refractivity contribution >= 4 is 5.78 Å². The summed E-state index contributed by atoms with van der Waals surface area (Å²) in [7, 11) is 3.25. The molecule has 0 bridgehead atoms. The molecule has 2 aliphatic rings. The summed E-state index contributed by atoms with van der Waals surface area (Å²) >= 11 is 0. The fourth-order valence-corrected chi connectivity index (χ4v) is 3.61. The number of fused-ring (bicyclic) bond motifs is 3. The third kappa shape index (κ3) is 2.89. The highest BCUT2D eigenvalue weighted by molar-refractivity contribution is 5.99. The molecule has 1 fully saturated rings. The van der Waals surface area contributed by atoms with Gasteiger partial charge in [-0.2, -0.15) is 0 Å². The van der Waals surface area contributed by atoms with Gasteiger partial charge in [-0.1, -0.05) is 44.0 Å². The Morgan fingerprint density at radius 1 is 1.16 bits per heavy atom. The number of hydrogen-bond acceptors (Lipinski definition) is 2. The summed E-state index contributed by atoms with van der Waals surface area (Å²) in [5.41, 5.74) is 2.33. The van der Waals surface area contributed by atoms with Crippen LogP contribution in [0.15, 0.2) is 24.3 Å². The monoisotopic (exact) mass is 260 g/mol. The molecule has 2 aliphatic carbocycles. The zero-order chi connectivity index (χ0) is 13.8. The molecule has 104 valence electrons. The van der Waals surface area contributed by atoms with E-state index in [1.807, 2.05) is 12.1 Å². The predicted molar refractivity (Wildman–Crippen MR) is 77.6 cm³/mol. The van der Waals surface area contributed by atoms with Gasteiger partial charge in [0.1, 0.15) is 0 Å². The van der Waals surface area contributed by atoms with Crippen LogP contribution >= 0.6 is 0 Å². The lowest BCUT2D eigenvalue weighted by molar-refractivity contribution is 0.0879. The minimum absolute atomic E-state index is 0.366. The molecule has 2 heteroatoms. The number of Topliss-reactive ketones (excluding diaryl/α,β-unsaturated/α-hetero) is 1. The molecule has 0 saturated heterocycles. The molecule has 0 spiro atoms. The highest BCUT2D eigenvalue weighted by Crippen LogP contribution is 2.47. The first-order valence-corrected chi connectivity index (χ1v) is 7.21. The van der Waals surface area contributed by atoms with Crippen LogP contribution in [-0.4, -0.2) is 20.0 Å². The Bertz CT molecular complexity index is 439. The number of hydrogen-bond donors (Lipinski definition) is 0. The minimum Gasteiger partial charge on any atom is -0.388 e. The summed E-state index contributed by atoms with van der Waals surface area (Å²) in [4.78, 5) is 12.1. The lowest BCUT2D eigenvalue weighted by Crippen LogP contribution is -2.32. The fraction of sp³-hybridized carbons (Fsp3) is 0.588. The molecular weight excluding hydrogens is 236 g/mol. The van der Waals surface area contributed by atoms with Crippen molar-refractivity contribution in [1.82, 2.24) is 0 Å². The van der Waals surface area contributed by atoms with Gasteiger partial charge in [-0.05, 0) is 29.7 Å². The molecule has 1 aromatic rings. The lowest BCUT2D eigenvalue weighted by atomic mass is 9.64. The molecule has 0 heterocycles. The normalized spacial score (nSPS) is 28.8. The van der Waals surface area contributed by atoms with Crippen molar-refractivity contribution in [1.29, 1.82) is 0 Å². The fourth-order valence-electron chi connectivity index (χ4n) is 3.61. The maximum absolute atomic E-state index is 12.1. The maximum atomic E-state index is 12.1. The number of ketones is 1. The van der Waals surface area contributed by atoms with Crippen LogP contribution in [0.1, 0.15) is 54.4 Å². The second-order valence-corrected chi connectivity index (χ2v) is 5.80. The number of carbonyl (C=O) groups excluding carboxylic acids is 1. The molecule has 3 atom stereocenters. The van der Waals surface area contributed by atoms with Crippen LogP contribution in [-0.2, 0) is 4.74 Å². The Hall–Kier alpha value is -1.15. The standard InChI is InChI=1S/C15H18O.C2H6O/c1-10-5-4-8-12-11-6-2-3-7-13(11)15(16)9-14(10)12;1-3-2/h2-3,6-7,10,12,14H,4-5,8-9H2,1H3;1-2H3/t10-,12?,14+;/m0./s1. The molecular formula is C17H24O2. The SMILES string of the molecule is COC.C[C@H]1CCCC2c3ccccc3C(=O)C[C@@H]21. The Kier molecular flexibility index (Phi) is 4.76. The van der Waals surface area contributed by atoms with E-state index in [0.717, 1.165) is 17.9 Å². The van der Waals surface area contributed by atoms with Crippen LogP contribution < -0.4 is 0 Å². The van der Waals surface area contributed by atoms with Gasteiger partial charge >= 0.3 is 0 Å². The van der Waals surface area contributed by atoms with Gasteiger partial charge in [-0.3, -0.25) is 4.79 Å². The van der Waals surface area contributed by atoms with Gasteiger partial charge in [-0.15, -0.1) is 0 Å². The molecule has 0 aromatic heterocycles. The lowest BCUT2D eigenvalue weighted by Gasteiger charge is -2.40. The van der Waals surface area contributed by atoms with E-state index in [2.05, 4.69) is 23.8 Å². The van der Waals surface area contributed by atoms with Gasteiger partial charge in [0.2, 0.25) is 0 Å². The highest BCUT2D eigenvalue weighted by Gasteiger charge is 2.38. The third-order valence-electron chi connectivity index (χ3n) is 4.50. The molecule has 0 amide bonds. The highest BCUT2D eigenvalue weighted by atomic mass is 16.4. The number of carbonyl (C=O) groups is 1. The number of rotatable bonds is 0. The summed E-state index contributed by atoms with van der Waals surface area (Å²) in [6, 6.07) is 8.24. The first-order valence-electron chi connectivity index (χ1n) is 7.21. The van der Waals surface area contributed by atoms with E-state index >= 15 is 0 Å². The average Bonchev–Trinajstić information content (AvgIpc) is 2.42. The van der Waals surface area contributed by atoms with E-state index in [-0.39, 0.29) is 0 Å². The molecule has 0 N–H and O–H groups in total. The third-order valence-corrected chi connectivity index (χ3v) is 4.50. The minimum atomic E-state index is 0.366. The van der Waals surface area contributed by atoms with E-state index < -0.39 is 0 Å². The van der Waals surface area contributed by atoms with E-state index in [9.17, 15) is 4.79 Å². The largest absolute Gasteiger partial charge is 0.388 e. The van der Waals surface area contributed by atoms with Crippen molar-refractivity contribution in [3.8, 4) is 0 Å². The van der Waals surface area contributed by atoms with Gasteiger partial charge in [0, 0.05) is 26.2 Å². The molecule has 19 heavy (non-hydrogen) atoms. The van der Waals surface area contributed by atoms with Crippen LogP contribution in [0.3, 0.4) is 0 Å². The first kappa shape index (κ1) is 14.3. The first-order chi connectivity index (χ1) is 9.19. The van der Waals surface area contributed by atoms with E-state index in [1.54, 1.807) is 14.2 Å². The average molecular weight is 260 g/mol.